The van der Waals surface area contributed by atoms with Crippen molar-refractivity contribution in [1.29, 1.82) is 0 Å². The number of fused-ring (bicyclic) bond motifs is 1. The number of rotatable bonds is 1. The summed E-state index contributed by atoms with van der Waals surface area (Å²) in [7, 11) is 2.02. The van der Waals surface area contributed by atoms with E-state index in [2.05, 4.69) is 21.7 Å². The van der Waals surface area contributed by atoms with Crippen LogP contribution in [0.2, 0.25) is 0 Å². The Morgan fingerprint density at radius 3 is 2.72 bits per heavy atom. The van der Waals surface area contributed by atoms with Gasteiger partial charge >= 0.3 is 0 Å². The third kappa shape index (κ3) is 1.64. The topological polar surface area (TPSA) is 43.8 Å². The number of pyridine rings is 1. The highest BCUT2D eigenvalue weighted by molar-refractivity contribution is 5.79. The van der Waals surface area contributed by atoms with Crippen molar-refractivity contribution in [3.05, 3.63) is 48.2 Å². The molecule has 3 heteroatoms. The number of aryl methyl sites for hydroxylation is 2. The maximum atomic E-state index is 5.84. The van der Waals surface area contributed by atoms with Crippen LogP contribution in [0.1, 0.15) is 5.56 Å². The first kappa shape index (κ1) is 10.8. The second kappa shape index (κ2) is 3.88. The van der Waals surface area contributed by atoms with Crippen molar-refractivity contribution in [3.8, 4) is 11.3 Å². The Labute approximate surface area is 106 Å². The predicted octanol–water partition coefficient (Wildman–Crippen LogP) is 3.13. The molecule has 3 rings (SSSR count). The van der Waals surface area contributed by atoms with Crippen LogP contribution in [0.15, 0.2) is 42.6 Å². The fraction of sp³-hybridized carbons (Fsp3) is 0.133. The molecule has 0 unspecified atom stereocenters. The van der Waals surface area contributed by atoms with Gasteiger partial charge in [-0.25, -0.2) is 4.98 Å². The van der Waals surface area contributed by atoms with E-state index in [0.717, 1.165) is 33.5 Å². The number of nitrogens with two attached hydrogens (primary N) is 1. The second-order valence-corrected chi connectivity index (χ2v) is 4.60. The van der Waals surface area contributed by atoms with Crippen LogP contribution in [0.25, 0.3) is 22.3 Å². The van der Waals surface area contributed by atoms with Crippen LogP contribution in [0, 0.1) is 6.92 Å². The monoisotopic (exact) mass is 237 g/mol. The molecule has 0 bridgehead atoms. The zero-order valence-corrected chi connectivity index (χ0v) is 10.5. The normalized spacial score (nSPS) is 11.0. The molecule has 2 heterocycles. The summed E-state index contributed by atoms with van der Waals surface area (Å²) < 4.78 is 2.07. The summed E-state index contributed by atoms with van der Waals surface area (Å²) in [5.41, 5.74) is 12.0. The molecular weight excluding hydrogens is 222 g/mol. The van der Waals surface area contributed by atoms with Gasteiger partial charge in [0.25, 0.3) is 0 Å². The van der Waals surface area contributed by atoms with Crippen LogP contribution in [0.4, 0.5) is 5.69 Å². The van der Waals surface area contributed by atoms with E-state index >= 15 is 0 Å². The lowest BCUT2D eigenvalue weighted by Gasteiger charge is -2.05. The molecule has 3 nitrogen and oxygen atoms in total. The Kier molecular flexibility index (Phi) is 2.33. The number of anilines is 1. The van der Waals surface area contributed by atoms with Gasteiger partial charge < -0.3 is 10.3 Å². The molecule has 0 aliphatic carbocycles. The molecule has 0 atom stereocenters. The summed E-state index contributed by atoms with van der Waals surface area (Å²) in [6.45, 7) is 2.01. The van der Waals surface area contributed by atoms with E-state index < -0.39 is 0 Å². The first-order chi connectivity index (χ1) is 8.65. The van der Waals surface area contributed by atoms with Crippen molar-refractivity contribution in [3.63, 3.8) is 0 Å². The average Bonchev–Trinajstić information content (AvgIpc) is 2.74. The summed E-state index contributed by atoms with van der Waals surface area (Å²) in [5, 5.41) is 0. The molecular formula is C15H15N3. The summed E-state index contributed by atoms with van der Waals surface area (Å²) in [6, 6.07) is 12.2. The largest absolute Gasteiger partial charge is 0.399 e. The Bertz CT molecular complexity index is 726. The van der Waals surface area contributed by atoms with Gasteiger partial charge in [-0.1, -0.05) is 6.07 Å². The van der Waals surface area contributed by atoms with Gasteiger partial charge in [0.2, 0.25) is 0 Å². The highest BCUT2D eigenvalue weighted by Crippen LogP contribution is 2.24. The van der Waals surface area contributed by atoms with Crippen molar-refractivity contribution in [1.82, 2.24) is 9.55 Å². The predicted molar refractivity (Wildman–Crippen MR) is 75.3 cm³/mol. The minimum Gasteiger partial charge on any atom is -0.399 e. The fourth-order valence-corrected chi connectivity index (χ4v) is 2.15. The van der Waals surface area contributed by atoms with Gasteiger partial charge in [0.1, 0.15) is 0 Å². The highest BCUT2D eigenvalue weighted by Gasteiger charge is 2.04. The summed E-state index contributed by atoms with van der Waals surface area (Å²) in [5.74, 6) is 0. The van der Waals surface area contributed by atoms with Gasteiger partial charge in [-0.05, 0) is 42.8 Å². The molecule has 0 fully saturated rings. The van der Waals surface area contributed by atoms with Crippen LogP contribution in [0.3, 0.4) is 0 Å². The van der Waals surface area contributed by atoms with E-state index in [1.165, 1.54) is 0 Å². The second-order valence-electron chi connectivity index (χ2n) is 4.60. The van der Waals surface area contributed by atoms with Crippen LogP contribution < -0.4 is 5.73 Å². The van der Waals surface area contributed by atoms with Crippen molar-refractivity contribution in [2.75, 3.05) is 5.73 Å². The quantitative estimate of drug-likeness (QED) is 0.661. The highest BCUT2D eigenvalue weighted by atomic mass is 14.9. The molecule has 0 radical (unpaired) electrons. The van der Waals surface area contributed by atoms with E-state index in [-0.39, 0.29) is 0 Å². The molecule has 0 aliphatic rings. The number of hydrogen-bond acceptors (Lipinski definition) is 2. The standard InChI is InChI=1S/C15H15N3/c1-10-9-11(3-4-12(10)16)13-5-6-15-14(17-13)7-8-18(15)2/h3-9H,16H2,1-2H3. The van der Waals surface area contributed by atoms with Gasteiger partial charge in [0.15, 0.2) is 0 Å². The molecule has 3 aromatic rings. The molecule has 0 spiro atoms. The van der Waals surface area contributed by atoms with Crippen molar-refractivity contribution in [2.24, 2.45) is 7.05 Å². The zero-order valence-electron chi connectivity index (χ0n) is 10.5. The van der Waals surface area contributed by atoms with Crippen molar-refractivity contribution < 1.29 is 0 Å². The third-order valence-electron chi connectivity index (χ3n) is 3.30. The maximum Gasteiger partial charge on any atom is 0.0888 e. The van der Waals surface area contributed by atoms with Gasteiger partial charge in [0.05, 0.1) is 16.7 Å². The van der Waals surface area contributed by atoms with Crippen LogP contribution >= 0.6 is 0 Å². The molecule has 0 saturated carbocycles. The average molecular weight is 237 g/mol. The first-order valence-electron chi connectivity index (χ1n) is 5.94. The van der Waals surface area contributed by atoms with E-state index in [1.807, 2.05) is 44.4 Å². The van der Waals surface area contributed by atoms with Gasteiger partial charge in [0, 0.05) is 24.5 Å². The zero-order chi connectivity index (χ0) is 12.7. The van der Waals surface area contributed by atoms with Crippen LogP contribution in [-0.4, -0.2) is 9.55 Å². The Morgan fingerprint density at radius 1 is 1.11 bits per heavy atom. The van der Waals surface area contributed by atoms with Crippen molar-refractivity contribution in [2.45, 2.75) is 6.92 Å². The Hall–Kier alpha value is -2.29. The number of nitrogens with zero attached hydrogens (tertiary/aromatic N) is 2. The fourth-order valence-electron chi connectivity index (χ4n) is 2.15. The third-order valence-corrected chi connectivity index (χ3v) is 3.30. The number of hydrogen-bond donors (Lipinski definition) is 1. The molecule has 0 saturated heterocycles. The Morgan fingerprint density at radius 2 is 1.94 bits per heavy atom. The molecule has 18 heavy (non-hydrogen) atoms. The molecule has 2 N–H and O–H groups in total. The van der Waals surface area contributed by atoms with Gasteiger partial charge in [-0.3, -0.25) is 0 Å². The maximum absolute atomic E-state index is 5.84. The molecule has 0 amide bonds. The Balaban J connectivity index is 2.16. The summed E-state index contributed by atoms with van der Waals surface area (Å²) >= 11 is 0. The SMILES string of the molecule is Cc1cc(-c2ccc3c(ccn3C)n2)ccc1N. The van der Waals surface area contributed by atoms with E-state index in [9.17, 15) is 0 Å². The van der Waals surface area contributed by atoms with Crippen molar-refractivity contribution >= 4 is 16.7 Å². The molecule has 2 aromatic heterocycles. The minimum atomic E-state index is 0.819. The van der Waals surface area contributed by atoms with Crippen LogP contribution in [0.5, 0.6) is 0 Å². The molecule has 1 aromatic carbocycles. The van der Waals surface area contributed by atoms with Gasteiger partial charge in [-0.15, -0.1) is 0 Å². The number of benzene rings is 1. The first-order valence-corrected chi connectivity index (χ1v) is 5.94. The van der Waals surface area contributed by atoms with E-state index in [1.54, 1.807) is 0 Å². The lowest BCUT2D eigenvalue weighted by molar-refractivity contribution is 0.968. The van der Waals surface area contributed by atoms with E-state index in [4.69, 9.17) is 5.73 Å². The summed E-state index contributed by atoms with van der Waals surface area (Å²) in [6.07, 6.45) is 2.02. The molecule has 90 valence electrons. The lowest BCUT2D eigenvalue weighted by atomic mass is 10.1. The summed E-state index contributed by atoms with van der Waals surface area (Å²) in [4.78, 5) is 4.68. The molecule has 0 aliphatic heterocycles. The minimum absolute atomic E-state index is 0.819. The van der Waals surface area contributed by atoms with Crippen LogP contribution in [-0.2, 0) is 7.05 Å². The van der Waals surface area contributed by atoms with Gasteiger partial charge in [-0.2, -0.15) is 0 Å². The number of nitrogen functional groups attached to an aromatic ring is 1. The van der Waals surface area contributed by atoms with E-state index in [0.29, 0.717) is 0 Å². The lowest BCUT2D eigenvalue weighted by Crippen LogP contribution is -1.91. The number of aromatic nitrogens is 2. The smallest absolute Gasteiger partial charge is 0.0888 e.